The van der Waals surface area contributed by atoms with Crippen molar-refractivity contribution in [3.63, 3.8) is 0 Å². The van der Waals surface area contributed by atoms with Gasteiger partial charge in [-0.05, 0) is 31.5 Å². The van der Waals surface area contributed by atoms with E-state index in [1.165, 1.54) is 0 Å². The molecule has 19 heavy (non-hydrogen) atoms. The first-order valence-electron chi connectivity index (χ1n) is 6.89. The molecular weight excluding hydrogens is 238 g/mol. The molecule has 0 saturated heterocycles. The average molecular weight is 259 g/mol. The molecule has 0 aliphatic carbocycles. The first-order valence-corrected chi connectivity index (χ1v) is 6.89. The summed E-state index contributed by atoms with van der Waals surface area (Å²) >= 11 is 0. The normalized spacial score (nSPS) is 12.5. The Bertz CT molecular complexity index is 480. The van der Waals surface area contributed by atoms with E-state index in [9.17, 15) is 0 Å². The zero-order chi connectivity index (χ0) is 13.5. The Morgan fingerprint density at radius 1 is 1.26 bits per heavy atom. The van der Waals surface area contributed by atoms with Gasteiger partial charge >= 0.3 is 0 Å². The maximum Gasteiger partial charge on any atom is 0.0938 e. The number of rotatable bonds is 7. The van der Waals surface area contributed by atoms with Crippen molar-refractivity contribution in [3.8, 4) is 0 Å². The lowest BCUT2D eigenvalue weighted by Gasteiger charge is -2.18. The highest BCUT2D eigenvalue weighted by Gasteiger charge is 2.19. The topological polar surface area (TPSA) is 55.6 Å². The van der Waals surface area contributed by atoms with Crippen LogP contribution in [0.25, 0.3) is 0 Å². The van der Waals surface area contributed by atoms with E-state index < -0.39 is 0 Å². The lowest BCUT2D eigenvalue weighted by molar-refractivity contribution is 0.499. The second-order valence-corrected chi connectivity index (χ2v) is 4.52. The van der Waals surface area contributed by atoms with E-state index in [-0.39, 0.29) is 6.04 Å². The number of hydrogen-bond donors (Lipinski definition) is 1. The van der Waals surface area contributed by atoms with E-state index in [0.29, 0.717) is 0 Å². The molecule has 0 amide bonds. The fraction of sp³-hybridized carbons (Fsp3) is 0.500. The van der Waals surface area contributed by atoms with Crippen molar-refractivity contribution in [2.24, 2.45) is 0 Å². The summed E-state index contributed by atoms with van der Waals surface area (Å²) < 4.78 is 1.96. The highest BCUT2D eigenvalue weighted by molar-refractivity contribution is 5.20. The molecule has 0 aliphatic rings. The van der Waals surface area contributed by atoms with Gasteiger partial charge in [-0.15, -0.1) is 5.10 Å². The van der Waals surface area contributed by atoms with E-state index in [0.717, 1.165) is 37.3 Å². The van der Waals surface area contributed by atoms with Crippen LogP contribution in [0.1, 0.15) is 44.1 Å². The zero-order valence-electron chi connectivity index (χ0n) is 11.6. The fourth-order valence-corrected chi connectivity index (χ4v) is 2.07. The molecular formula is C14H21N5. The smallest absolute Gasteiger partial charge is 0.0938 e. The van der Waals surface area contributed by atoms with Gasteiger partial charge in [-0.1, -0.05) is 25.1 Å². The van der Waals surface area contributed by atoms with Gasteiger partial charge in [0, 0.05) is 12.7 Å². The fourth-order valence-electron chi connectivity index (χ4n) is 2.07. The summed E-state index contributed by atoms with van der Waals surface area (Å²) in [7, 11) is 0. The highest BCUT2D eigenvalue weighted by atomic mass is 15.4. The van der Waals surface area contributed by atoms with Gasteiger partial charge in [0.15, 0.2) is 0 Å². The third-order valence-corrected chi connectivity index (χ3v) is 2.96. The van der Waals surface area contributed by atoms with Gasteiger partial charge in [-0.3, -0.25) is 4.98 Å². The lowest BCUT2D eigenvalue weighted by atomic mass is 10.1. The summed E-state index contributed by atoms with van der Waals surface area (Å²) in [6.45, 7) is 6.12. The first kappa shape index (κ1) is 13.7. The highest BCUT2D eigenvalue weighted by Crippen LogP contribution is 2.19. The molecule has 5 nitrogen and oxygen atoms in total. The molecule has 5 heteroatoms. The first-order chi connectivity index (χ1) is 9.36. The Labute approximate surface area is 114 Å². The third-order valence-electron chi connectivity index (χ3n) is 2.96. The molecule has 2 heterocycles. The Morgan fingerprint density at radius 3 is 2.84 bits per heavy atom. The summed E-state index contributed by atoms with van der Waals surface area (Å²) in [4.78, 5) is 4.46. The largest absolute Gasteiger partial charge is 0.304 e. The third kappa shape index (κ3) is 3.38. The number of nitrogens with zero attached hydrogens (tertiary/aromatic N) is 4. The average Bonchev–Trinajstić information content (AvgIpc) is 2.89. The SMILES string of the molecule is CCCNC(c1ccccn1)c1cnnn1CCC. The quantitative estimate of drug-likeness (QED) is 0.828. The minimum atomic E-state index is 0.0581. The van der Waals surface area contributed by atoms with Crippen LogP contribution in [0, 0.1) is 0 Å². The Hall–Kier alpha value is -1.75. The molecule has 1 atom stereocenters. The molecule has 102 valence electrons. The number of hydrogen-bond acceptors (Lipinski definition) is 4. The van der Waals surface area contributed by atoms with Gasteiger partial charge in [0.1, 0.15) is 0 Å². The molecule has 0 radical (unpaired) electrons. The molecule has 0 saturated carbocycles. The molecule has 0 aliphatic heterocycles. The second-order valence-electron chi connectivity index (χ2n) is 4.52. The summed E-state index contributed by atoms with van der Waals surface area (Å²) in [5.41, 5.74) is 2.09. The number of pyridine rings is 1. The van der Waals surface area contributed by atoms with Crippen molar-refractivity contribution < 1.29 is 0 Å². The minimum Gasteiger partial charge on any atom is -0.304 e. The molecule has 0 aromatic carbocycles. The van der Waals surface area contributed by atoms with Crippen molar-refractivity contribution >= 4 is 0 Å². The second kappa shape index (κ2) is 6.99. The van der Waals surface area contributed by atoms with Crippen molar-refractivity contribution in [1.82, 2.24) is 25.3 Å². The van der Waals surface area contributed by atoms with Crippen LogP contribution in [0.5, 0.6) is 0 Å². The standard InChI is InChI=1S/C14H21N5/c1-3-8-16-14(12-7-5-6-9-15-12)13-11-17-18-19(13)10-4-2/h5-7,9,11,14,16H,3-4,8,10H2,1-2H3. The maximum absolute atomic E-state index is 4.46. The van der Waals surface area contributed by atoms with Crippen LogP contribution in [0.15, 0.2) is 30.6 Å². The molecule has 0 fully saturated rings. The van der Waals surface area contributed by atoms with E-state index in [2.05, 4.69) is 34.5 Å². The molecule has 1 N–H and O–H groups in total. The van der Waals surface area contributed by atoms with Gasteiger partial charge in [0.05, 0.1) is 23.6 Å². The predicted molar refractivity (Wildman–Crippen MR) is 74.7 cm³/mol. The predicted octanol–water partition coefficient (Wildman–Crippen LogP) is 2.17. The van der Waals surface area contributed by atoms with Crippen LogP contribution >= 0.6 is 0 Å². The van der Waals surface area contributed by atoms with Crippen LogP contribution < -0.4 is 5.32 Å². The molecule has 2 rings (SSSR count). The van der Waals surface area contributed by atoms with Gasteiger partial charge in [0.2, 0.25) is 0 Å². The molecule has 2 aromatic rings. The van der Waals surface area contributed by atoms with E-state index in [1.807, 2.05) is 35.3 Å². The van der Waals surface area contributed by atoms with Crippen molar-refractivity contribution in [2.75, 3.05) is 6.54 Å². The molecule has 0 spiro atoms. The summed E-state index contributed by atoms with van der Waals surface area (Å²) in [6.07, 6.45) is 5.78. The van der Waals surface area contributed by atoms with Gasteiger partial charge in [-0.25, -0.2) is 4.68 Å². The van der Waals surface area contributed by atoms with Crippen molar-refractivity contribution in [1.29, 1.82) is 0 Å². The Balaban J connectivity index is 2.29. The van der Waals surface area contributed by atoms with Crippen molar-refractivity contribution in [2.45, 2.75) is 39.3 Å². The van der Waals surface area contributed by atoms with Gasteiger partial charge < -0.3 is 5.32 Å². The van der Waals surface area contributed by atoms with E-state index in [1.54, 1.807) is 0 Å². The Kier molecular flexibility index (Phi) is 5.03. The zero-order valence-corrected chi connectivity index (χ0v) is 11.6. The van der Waals surface area contributed by atoms with Crippen molar-refractivity contribution in [3.05, 3.63) is 42.0 Å². The number of aromatic nitrogens is 4. The maximum atomic E-state index is 4.46. The molecule has 0 bridgehead atoms. The number of aryl methyl sites for hydroxylation is 1. The van der Waals surface area contributed by atoms with Crippen LogP contribution in [0.2, 0.25) is 0 Å². The molecule has 2 aromatic heterocycles. The van der Waals surface area contributed by atoms with E-state index >= 15 is 0 Å². The van der Waals surface area contributed by atoms with Gasteiger partial charge in [0.25, 0.3) is 0 Å². The lowest BCUT2D eigenvalue weighted by Crippen LogP contribution is -2.26. The summed E-state index contributed by atoms with van der Waals surface area (Å²) in [5.74, 6) is 0. The van der Waals surface area contributed by atoms with Crippen LogP contribution in [0.3, 0.4) is 0 Å². The van der Waals surface area contributed by atoms with E-state index in [4.69, 9.17) is 0 Å². The van der Waals surface area contributed by atoms with Gasteiger partial charge in [-0.2, -0.15) is 0 Å². The Morgan fingerprint density at radius 2 is 2.16 bits per heavy atom. The molecule has 1 unspecified atom stereocenters. The summed E-state index contributed by atoms with van der Waals surface area (Å²) in [6, 6.07) is 6.04. The monoisotopic (exact) mass is 259 g/mol. The minimum absolute atomic E-state index is 0.0581. The van der Waals surface area contributed by atoms with Crippen LogP contribution in [0.4, 0.5) is 0 Å². The van der Waals surface area contributed by atoms with Crippen LogP contribution in [-0.4, -0.2) is 26.5 Å². The summed E-state index contributed by atoms with van der Waals surface area (Å²) in [5, 5.41) is 11.7. The van der Waals surface area contributed by atoms with Crippen LogP contribution in [-0.2, 0) is 6.54 Å². The number of nitrogens with one attached hydrogen (secondary N) is 1.